The van der Waals surface area contributed by atoms with E-state index >= 15 is 0 Å². The van der Waals surface area contributed by atoms with E-state index in [2.05, 4.69) is 10.3 Å². The topological polar surface area (TPSA) is 86.8 Å². The van der Waals surface area contributed by atoms with E-state index in [1.807, 2.05) is 32.0 Å². The molecule has 0 aliphatic carbocycles. The molecule has 0 spiro atoms. The lowest BCUT2D eigenvalue weighted by molar-refractivity contribution is -0.111. The molecule has 1 aromatic carbocycles. The van der Waals surface area contributed by atoms with Crippen molar-refractivity contribution in [3.63, 3.8) is 0 Å². The van der Waals surface area contributed by atoms with Gasteiger partial charge < -0.3 is 14.2 Å². The van der Waals surface area contributed by atoms with Crippen LogP contribution in [0.1, 0.15) is 41.7 Å². The Morgan fingerprint density at radius 3 is 2.50 bits per heavy atom. The van der Waals surface area contributed by atoms with Gasteiger partial charge in [-0.15, -0.1) is 0 Å². The second-order valence-electron chi connectivity index (χ2n) is 5.55. The van der Waals surface area contributed by atoms with Crippen LogP contribution >= 0.6 is 11.3 Å². The number of nitrogens with one attached hydrogen (secondary N) is 1. The Hall–Kier alpha value is -2.87. The van der Waals surface area contributed by atoms with Crippen LogP contribution in [0.25, 0.3) is 6.08 Å². The van der Waals surface area contributed by atoms with Gasteiger partial charge >= 0.3 is 5.97 Å². The molecule has 0 atom stereocenters. The van der Waals surface area contributed by atoms with Crippen molar-refractivity contribution in [2.75, 3.05) is 25.1 Å². The highest BCUT2D eigenvalue weighted by Crippen LogP contribution is 2.29. The van der Waals surface area contributed by atoms with Gasteiger partial charge in [-0.1, -0.05) is 17.4 Å². The lowest BCUT2D eigenvalue weighted by Crippen LogP contribution is -2.07. The summed E-state index contributed by atoms with van der Waals surface area (Å²) in [5.41, 5.74) is 1.32. The van der Waals surface area contributed by atoms with Gasteiger partial charge in [-0.2, -0.15) is 0 Å². The standard InChI is InChI=1S/C20H24N2O5S/c1-5-25-15-10-8-14(12-16(15)26-6-2)9-11-17(23)22-20-21-13(4)18(28-20)19(24)27-7-3/h8-12H,5-7H2,1-4H3,(H,21,22,23). The lowest BCUT2D eigenvalue weighted by Gasteiger charge is -2.11. The molecule has 1 heterocycles. The van der Waals surface area contributed by atoms with Crippen molar-refractivity contribution in [1.29, 1.82) is 0 Å². The molecule has 0 saturated heterocycles. The molecule has 1 amide bonds. The Labute approximate surface area is 168 Å². The normalized spacial score (nSPS) is 10.7. The number of rotatable bonds is 9. The summed E-state index contributed by atoms with van der Waals surface area (Å²) in [5, 5.41) is 3.00. The Morgan fingerprint density at radius 1 is 1.11 bits per heavy atom. The molecule has 7 nitrogen and oxygen atoms in total. The van der Waals surface area contributed by atoms with Crippen LogP contribution in [-0.2, 0) is 9.53 Å². The van der Waals surface area contributed by atoms with Gasteiger partial charge in [-0.05, 0) is 51.5 Å². The van der Waals surface area contributed by atoms with Crippen molar-refractivity contribution in [2.45, 2.75) is 27.7 Å². The van der Waals surface area contributed by atoms with Crippen LogP contribution in [0.4, 0.5) is 5.13 Å². The van der Waals surface area contributed by atoms with Crippen molar-refractivity contribution in [2.24, 2.45) is 0 Å². The van der Waals surface area contributed by atoms with Gasteiger partial charge in [0, 0.05) is 6.08 Å². The van der Waals surface area contributed by atoms with Gasteiger partial charge in [-0.25, -0.2) is 9.78 Å². The molecule has 2 aromatic rings. The van der Waals surface area contributed by atoms with E-state index in [4.69, 9.17) is 14.2 Å². The van der Waals surface area contributed by atoms with Gasteiger partial charge in [-0.3, -0.25) is 10.1 Å². The maximum atomic E-state index is 12.2. The Morgan fingerprint density at radius 2 is 1.82 bits per heavy atom. The number of thiazole rings is 1. The first-order chi connectivity index (χ1) is 13.5. The minimum absolute atomic E-state index is 0.284. The van der Waals surface area contributed by atoms with E-state index in [0.29, 0.717) is 40.4 Å². The first kappa shape index (κ1) is 21.4. The van der Waals surface area contributed by atoms with Crippen LogP contribution in [0.15, 0.2) is 24.3 Å². The minimum atomic E-state index is -0.439. The molecule has 150 valence electrons. The SMILES string of the molecule is CCOC(=O)c1sc(NC(=O)C=Cc2ccc(OCC)c(OCC)c2)nc1C. The second-order valence-corrected chi connectivity index (χ2v) is 6.55. The number of ether oxygens (including phenoxy) is 3. The highest BCUT2D eigenvalue weighted by atomic mass is 32.1. The van der Waals surface area contributed by atoms with Gasteiger partial charge in [0.2, 0.25) is 5.91 Å². The van der Waals surface area contributed by atoms with Crippen molar-refractivity contribution in [3.8, 4) is 11.5 Å². The Kier molecular flexibility index (Phi) is 8.01. The third-order valence-corrected chi connectivity index (χ3v) is 4.54. The van der Waals surface area contributed by atoms with E-state index in [1.165, 1.54) is 6.08 Å². The van der Waals surface area contributed by atoms with Gasteiger partial charge in [0.05, 0.1) is 25.5 Å². The number of hydrogen-bond donors (Lipinski definition) is 1. The molecule has 0 radical (unpaired) electrons. The summed E-state index contributed by atoms with van der Waals surface area (Å²) in [5.74, 6) is 0.500. The maximum Gasteiger partial charge on any atom is 0.350 e. The number of aryl methyl sites for hydroxylation is 1. The summed E-state index contributed by atoms with van der Waals surface area (Å²) >= 11 is 1.09. The number of anilines is 1. The summed E-state index contributed by atoms with van der Waals surface area (Å²) in [6.07, 6.45) is 3.06. The zero-order chi connectivity index (χ0) is 20.5. The van der Waals surface area contributed by atoms with Gasteiger partial charge in [0.15, 0.2) is 16.6 Å². The number of hydrogen-bond acceptors (Lipinski definition) is 7. The van der Waals surface area contributed by atoms with Crippen LogP contribution < -0.4 is 14.8 Å². The summed E-state index contributed by atoms with van der Waals surface area (Å²) in [7, 11) is 0. The Balaban J connectivity index is 2.06. The fraction of sp³-hybridized carbons (Fsp3) is 0.350. The molecule has 28 heavy (non-hydrogen) atoms. The monoisotopic (exact) mass is 404 g/mol. The average molecular weight is 404 g/mol. The van der Waals surface area contributed by atoms with Crippen molar-refractivity contribution in [3.05, 3.63) is 40.4 Å². The molecule has 0 unspecified atom stereocenters. The first-order valence-corrected chi connectivity index (χ1v) is 9.83. The number of benzene rings is 1. The third-order valence-electron chi connectivity index (χ3n) is 3.48. The fourth-order valence-corrected chi connectivity index (χ4v) is 3.19. The molecular formula is C20H24N2O5S. The predicted molar refractivity (Wildman–Crippen MR) is 109 cm³/mol. The highest BCUT2D eigenvalue weighted by molar-refractivity contribution is 7.17. The molecule has 0 saturated carbocycles. The summed E-state index contributed by atoms with van der Waals surface area (Å²) in [6.45, 7) is 8.57. The van der Waals surface area contributed by atoms with Gasteiger partial charge in [0.25, 0.3) is 0 Å². The first-order valence-electron chi connectivity index (χ1n) is 9.01. The number of amides is 1. The third kappa shape index (κ3) is 5.82. The molecule has 0 aliphatic heterocycles. The van der Waals surface area contributed by atoms with Crippen molar-refractivity contribution >= 4 is 34.4 Å². The van der Waals surface area contributed by atoms with E-state index in [0.717, 1.165) is 16.9 Å². The minimum Gasteiger partial charge on any atom is -0.490 e. The van der Waals surface area contributed by atoms with Crippen LogP contribution in [0, 0.1) is 6.92 Å². The van der Waals surface area contributed by atoms with E-state index < -0.39 is 5.97 Å². The molecule has 2 rings (SSSR count). The van der Waals surface area contributed by atoms with E-state index in [-0.39, 0.29) is 12.5 Å². The summed E-state index contributed by atoms with van der Waals surface area (Å²) in [6, 6.07) is 5.45. The molecule has 1 N–H and O–H groups in total. The summed E-state index contributed by atoms with van der Waals surface area (Å²) in [4.78, 5) is 28.6. The van der Waals surface area contributed by atoms with Gasteiger partial charge in [0.1, 0.15) is 4.88 Å². The quantitative estimate of drug-likeness (QED) is 0.501. The van der Waals surface area contributed by atoms with Crippen molar-refractivity contribution < 1.29 is 23.8 Å². The van der Waals surface area contributed by atoms with Crippen LogP contribution in [-0.4, -0.2) is 36.7 Å². The van der Waals surface area contributed by atoms with E-state index in [1.54, 1.807) is 19.9 Å². The molecular weight excluding hydrogens is 380 g/mol. The fourth-order valence-electron chi connectivity index (χ4n) is 2.33. The number of esters is 1. The number of carbonyl (C=O) groups excluding carboxylic acids is 2. The maximum absolute atomic E-state index is 12.2. The molecule has 8 heteroatoms. The predicted octanol–water partition coefficient (Wildman–Crippen LogP) is 4.08. The highest BCUT2D eigenvalue weighted by Gasteiger charge is 2.17. The smallest absolute Gasteiger partial charge is 0.350 e. The second kappa shape index (κ2) is 10.5. The number of aromatic nitrogens is 1. The number of nitrogens with zero attached hydrogens (tertiary/aromatic N) is 1. The lowest BCUT2D eigenvalue weighted by atomic mass is 10.2. The zero-order valence-corrected chi connectivity index (χ0v) is 17.2. The van der Waals surface area contributed by atoms with Crippen LogP contribution in [0.2, 0.25) is 0 Å². The summed E-state index contributed by atoms with van der Waals surface area (Å²) < 4.78 is 16.1. The zero-order valence-electron chi connectivity index (χ0n) is 16.4. The van der Waals surface area contributed by atoms with Crippen molar-refractivity contribution in [1.82, 2.24) is 4.98 Å². The Bertz CT molecular complexity index is 860. The largest absolute Gasteiger partial charge is 0.490 e. The van der Waals surface area contributed by atoms with Crippen LogP contribution in [0.3, 0.4) is 0 Å². The number of carbonyl (C=O) groups is 2. The van der Waals surface area contributed by atoms with Crippen LogP contribution in [0.5, 0.6) is 11.5 Å². The molecule has 0 aliphatic rings. The molecule has 0 fully saturated rings. The molecule has 1 aromatic heterocycles. The molecule has 0 bridgehead atoms. The average Bonchev–Trinajstić information content (AvgIpc) is 3.02. The van der Waals surface area contributed by atoms with E-state index in [9.17, 15) is 9.59 Å².